The van der Waals surface area contributed by atoms with E-state index in [2.05, 4.69) is 131 Å². The zero-order valence-electron chi connectivity index (χ0n) is 21.7. The maximum Gasteiger partial charge on any atom is 0.00408 e. The number of allylic oxidation sites excluding steroid dienone is 8. The summed E-state index contributed by atoms with van der Waals surface area (Å²) in [5.74, 6) is 14.1. The van der Waals surface area contributed by atoms with Crippen molar-refractivity contribution in [3.05, 3.63) is 46.6 Å². The fourth-order valence-electron chi connectivity index (χ4n) is 3.04. The van der Waals surface area contributed by atoms with E-state index in [4.69, 9.17) is 0 Å². The van der Waals surface area contributed by atoms with Crippen molar-refractivity contribution in [1.82, 2.24) is 0 Å². The van der Waals surface area contributed by atoms with Gasteiger partial charge >= 0.3 is 0 Å². The second kappa shape index (κ2) is 9.48. The SMILES string of the molecule is CC(C)(C)/C1=C/C/C=C(/C(C)(C)C)C#C/C(C(C)(C)C)=C\C/C=C(/C(C)(C)C)C#C1. The molecule has 0 fully saturated rings. The van der Waals surface area contributed by atoms with E-state index in [1.165, 1.54) is 22.3 Å². The van der Waals surface area contributed by atoms with E-state index in [9.17, 15) is 0 Å². The third kappa shape index (κ3) is 8.44. The van der Waals surface area contributed by atoms with Gasteiger partial charge in [-0.1, -0.05) is 131 Å². The molecular formula is C30H44. The lowest BCUT2D eigenvalue weighted by molar-refractivity contribution is 0.511. The van der Waals surface area contributed by atoms with Gasteiger partial charge in [0, 0.05) is 22.3 Å². The molecule has 0 bridgehead atoms. The summed E-state index contributed by atoms with van der Waals surface area (Å²) in [6.07, 6.45) is 10.8. The van der Waals surface area contributed by atoms with Crippen LogP contribution in [0.15, 0.2) is 46.6 Å². The lowest BCUT2D eigenvalue weighted by Crippen LogP contribution is -2.12. The van der Waals surface area contributed by atoms with E-state index in [1.54, 1.807) is 0 Å². The highest BCUT2D eigenvalue weighted by Gasteiger charge is 2.20. The summed E-state index contributed by atoms with van der Waals surface area (Å²) < 4.78 is 0. The van der Waals surface area contributed by atoms with Gasteiger partial charge in [-0.15, -0.1) is 0 Å². The lowest BCUT2D eigenvalue weighted by Gasteiger charge is -2.22. The van der Waals surface area contributed by atoms with Crippen LogP contribution in [0.3, 0.4) is 0 Å². The van der Waals surface area contributed by atoms with Crippen molar-refractivity contribution >= 4 is 0 Å². The fraction of sp³-hybridized carbons (Fsp3) is 0.600. The van der Waals surface area contributed by atoms with E-state index < -0.39 is 0 Å². The van der Waals surface area contributed by atoms with Crippen LogP contribution in [0.4, 0.5) is 0 Å². The molecular weight excluding hydrogens is 360 g/mol. The third-order valence-corrected chi connectivity index (χ3v) is 5.18. The Kier molecular flexibility index (Phi) is 8.25. The van der Waals surface area contributed by atoms with Gasteiger partial charge in [0.1, 0.15) is 0 Å². The second-order valence-electron chi connectivity index (χ2n) is 12.4. The zero-order valence-corrected chi connectivity index (χ0v) is 21.7. The molecule has 164 valence electrons. The molecule has 0 heteroatoms. The average molecular weight is 405 g/mol. The molecule has 0 aliphatic heterocycles. The largest absolute Gasteiger partial charge is 0.0685 e. The molecule has 0 heterocycles. The second-order valence-corrected chi connectivity index (χ2v) is 12.4. The first kappa shape index (κ1) is 26.1. The zero-order chi connectivity index (χ0) is 23.4. The molecule has 0 spiro atoms. The summed E-state index contributed by atoms with van der Waals surface area (Å²) in [5, 5.41) is 0. The summed E-state index contributed by atoms with van der Waals surface area (Å²) in [5.41, 5.74) is 4.86. The summed E-state index contributed by atoms with van der Waals surface area (Å²) in [6, 6.07) is 0. The maximum atomic E-state index is 3.52. The van der Waals surface area contributed by atoms with Crippen molar-refractivity contribution in [2.75, 3.05) is 0 Å². The standard InChI is InChI=1S/C30H44/c1-27(2,3)23-15-13-16-25(29(7,8)9)21-22-26(30(10,11)12)18-14-17-24(20-19-23)28(4,5)6/h15-18H,13-14H2,1-12H3/b23-15+,24-17+,25-16+,26-18+. The van der Waals surface area contributed by atoms with Crippen molar-refractivity contribution in [3.8, 4) is 23.7 Å². The Morgan fingerprint density at radius 3 is 0.700 bits per heavy atom. The molecule has 0 nitrogen and oxygen atoms in total. The molecule has 0 N–H and O–H groups in total. The molecule has 0 aromatic rings. The Morgan fingerprint density at radius 2 is 0.567 bits per heavy atom. The Hall–Kier alpha value is -1.92. The van der Waals surface area contributed by atoms with Gasteiger partial charge in [-0.05, 0) is 34.5 Å². The van der Waals surface area contributed by atoms with Crippen molar-refractivity contribution in [2.24, 2.45) is 21.7 Å². The van der Waals surface area contributed by atoms with E-state index in [0.29, 0.717) is 0 Å². The fourth-order valence-corrected chi connectivity index (χ4v) is 3.04. The molecule has 0 unspecified atom stereocenters. The van der Waals surface area contributed by atoms with Gasteiger partial charge in [0.15, 0.2) is 0 Å². The van der Waals surface area contributed by atoms with Gasteiger partial charge in [0.2, 0.25) is 0 Å². The van der Waals surface area contributed by atoms with Gasteiger partial charge in [-0.25, -0.2) is 0 Å². The molecule has 0 saturated heterocycles. The summed E-state index contributed by atoms with van der Waals surface area (Å²) >= 11 is 0. The van der Waals surface area contributed by atoms with Crippen molar-refractivity contribution in [3.63, 3.8) is 0 Å². The van der Waals surface area contributed by atoms with E-state index in [-0.39, 0.29) is 21.7 Å². The predicted molar refractivity (Wildman–Crippen MR) is 135 cm³/mol. The normalized spacial score (nSPS) is 24.1. The van der Waals surface area contributed by atoms with Crippen molar-refractivity contribution in [2.45, 2.75) is 95.9 Å². The smallest absolute Gasteiger partial charge is 0.00408 e. The Bertz CT molecular complexity index is 715. The molecule has 0 aromatic carbocycles. The van der Waals surface area contributed by atoms with E-state index in [0.717, 1.165) is 12.8 Å². The maximum absolute atomic E-state index is 3.52. The van der Waals surface area contributed by atoms with E-state index in [1.807, 2.05) is 0 Å². The Labute approximate surface area is 188 Å². The molecule has 1 aliphatic carbocycles. The summed E-state index contributed by atoms with van der Waals surface area (Å²) in [6.45, 7) is 26.9. The van der Waals surface area contributed by atoms with Gasteiger partial charge in [0.25, 0.3) is 0 Å². The van der Waals surface area contributed by atoms with Crippen LogP contribution in [0.25, 0.3) is 0 Å². The molecule has 0 saturated carbocycles. The number of rotatable bonds is 0. The van der Waals surface area contributed by atoms with Gasteiger partial charge in [0.05, 0.1) is 0 Å². The van der Waals surface area contributed by atoms with Crippen LogP contribution in [0.1, 0.15) is 95.9 Å². The quantitative estimate of drug-likeness (QED) is 0.354. The molecule has 0 aromatic heterocycles. The van der Waals surface area contributed by atoms with Crippen LogP contribution in [-0.4, -0.2) is 0 Å². The van der Waals surface area contributed by atoms with Crippen molar-refractivity contribution < 1.29 is 0 Å². The number of hydrogen-bond acceptors (Lipinski definition) is 0. The van der Waals surface area contributed by atoms with Crippen molar-refractivity contribution in [1.29, 1.82) is 0 Å². The van der Waals surface area contributed by atoms with Crippen LogP contribution < -0.4 is 0 Å². The Balaban J connectivity index is 3.71. The first-order chi connectivity index (χ1) is 13.4. The predicted octanol–water partition coefficient (Wildman–Crippen LogP) is 8.68. The highest BCUT2D eigenvalue weighted by atomic mass is 14.2. The molecule has 0 radical (unpaired) electrons. The van der Waals surface area contributed by atoms with Crippen LogP contribution in [0, 0.1) is 45.3 Å². The third-order valence-electron chi connectivity index (χ3n) is 5.18. The minimum atomic E-state index is 0.0216. The van der Waals surface area contributed by atoms with E-state index >= 15 is 0 Å². The summed E-state index contributed by atoms with van der Waals surface area (Å²) in [4.78, 5) is 0. The van der Waals surface area contributed by atoms with Crippen LogP contribution in [0.5, 0.6) is 0 Å². The lowest BCUT2D eigenvalue weighted by atomic mass is 9.81. The first-order valence-corrected chi connectivity index (χ1v) is 11.3. The van der Waals surface area contributed by atoms with Crippen LogP contribution in [-0.2, 0) is 0 Å². The van der Waals surface area contributed by atoms with Gasteiger partial charge in [-0.2, -0.15) is 0 Å². The van der Waals surface area contributed by atoms with Crippen LogP contribution >= 0.6 is 0 Å². The van der Waals surface area contributed by atoms with Gasteiger partial charge in [-0.3, -0.25) is 0 Å². The topological polar surface area (TPSA) is 0 Å². The number of hydrogen-bond donors (Lipinski definition) is 0. The van der Waals surface area contributed by atoms with Gasteiger partial charge < -0.3 is 0 Å². The molecule has 0 amide bonds. The summed E-state index contributed by atoms with van der Waals surface area (Å²) in [7, 11) is 0. The molecule has 1 rings (SSSR count). The molecule has 1 aliphatic rings. The molecule has 30 heavy (non-hydrogen) atoms. The minimum absolute atomic E-state index is 0.0216. The van der Waals surface area contributed by atoms with Crippen LogP contribution in [0.2, 0.25) is 0 Å². The average Bonchev–Trinajstić information content (AvgIpc) is 2.51. The Morgan fingerprint density at radius 1 is 0.400 bits per heavy atom. The monoisotopic (exact) mass is 404 g/mol. The molecule has 0 atom stereocenters. The highest BCUT2D eigenvalue weighted by molar-refractivity contribution is 5.46. The highest BCUT2D eigenvalue weighted by Crippen LogP contribution is 2.31. The minimum Gasteiger partial charge on any atom is -0.0685 e. The first-order valence-electron chi connectivity index (χ1n) is 11.3.